The number of nitrogens with zero attached hydrogens (tertiary/aromatic N) is 3. The van der Waals surface area contributed by atoms with Crippen LogP contribution in [0.5, 0.6) is 0 Å². The summed E-state index contributed by atoms with van der Waals surface area (Å²) in [6.45, 7) is 11.3. The van der Waals surface area contributed by atoms with Crippen LogP contribution in [0.2, 0.25) is 0 Å². The summed E-state index contributed by atoms with van der Waals surface area (Å²) in [4.78, 5) is 18.7. The fourth-order valence-corrected chi connectivity index (χ4v) is 3.82. The summed E-state index contributed by atoms with van der Waals surface area (Å²) < 4.78 is 0. The number of hydrogen-bond donors (Lipinski definition) is 0. The molecule has 0 aromatic heterocycles. The second-order valence-electron chi connectivity index (χ2n) is 6.96. The van der Waals surface area contributed by atoms with E-state index in [1.54, 1.807) is 6.92 Å². The lowest BCUT2D eigenvalue weighted by molar-refractivity contribution is -0.116. The number of likely N-dealkylation sites (N-methyl/N-ethyl adjacent to an activating group) is 1. The quantitative estimate of drug-likeness (QED) is 0.797. The minimum Gasteiger partial charge on any atom is -0.368 e. The van der Waals surface area contributed by atoms with Crippen LogP contribution < -0.4 is 9.80 Å². The third kappa shape index (κ3) is 2.50. The monoisotopic (exact) mass is 301 g/mol. The highest BCUT2D eigenvalue weighted by Gasteiger charge is 2.29. The molecule has 2 atom stereocenters. The van der Waals surface area contributed by atoms with E-state index in [2.05, 4.69) is 49.8 Å². The zero-order valence-corrected chi connectivity index (χ0v) is 14.4. The van der Waals surface area contributed by atoms with Gasteiger partial charge in [0.25, 0.3) is 0 Å². The van der Waals surface area contributed by atoms with E-state index in [9.17, 15) is 4.79 Å². The number of anilines is 2. The molecule has 1 fully saturated rings. The molecule has 4 nitrogen and oxygen atoms in total. The molecule has 1 saturated heterocycles. The van der Waals surface area contributed by atoms with Gasteiger partial charge in [0.2, 0.25) is 5.91 Å². The van der Waals surface area contributed by atoms with Crippen molar-refractivity contribution in [1.29, 1.82) is 0 Å². The van der Waals surface area contributed by atoms with E-state index >= 15 is 0 Å². The zero-order chi connectivity index (χ0) is 16.0. The predicted molar refractivity (Wildman–Crippen MR) is 91.8 cm³/mol. The molecule has 22 heavy (non-hydrogen) atoms. The first kappa shape index (κ1) is 15.3. The largest absolute Gasteiger partial charge is 0.368 e. The third-order valence-corrected chi connectivity index (χ3v) is 5.37. The standard InChI is InChI=1S/C18H27N3O/c1-12-8-16-6-7-21(15(4)22)18(16)9-17(12)20-10-13(2)19(5)14(3)11-20/h8-9,13-14H,6-7,10-11H2,1-5H3. The highest BCUT2D eigenvalue weighted by Crippen LogP contribution is 2.36. The van der Waals surface area contributed by atoms with Crippen LogP contribution in [0.1, 0.15) is 31.9 Å². The van der Waals surface area contributed by atoms with E-state index < -0.39 is 0 Å². The van der Waals surface area contributed by atoms with Crippen molar-refractivity contribution in [2.75, 3.05) is 36.5 Å². The van der Waals surface area contributed by atoms with Crippen LogP contribution in [0, 0.1) is 6.92 Å². The van der Waals surface area contributed by atoms with Gasteiger partial charge in [0.15, 0.2) is 0 Å². The molecule has 3 rings (SSSR count). The molecule has 4 heteroatoms. The topological polar surface area (TPSA) is 26.8 Å². The second kappa shape index (κ2) is 5.58. The van der Waals surface area contributed by atoms with Crippen molar-refractivity contribution in [1.82, 2.24) is 4.90 Å². The van der Waals surface area contributed by atoms with Gasteiger partial charge in [0, 0.05) is 50.0 Å². The number of piperazine rings is 1. The first-order valence-electron chi connectivity index (χ1n) is 8.27. The van der Waals surface area contributed by atoms with Gasteiger partial charge in [-0.2, -0.15) is 0 Å². The summed E-state index contributed by atoms with van der Waals surface area (Å²) >= 11 is 0. The van der Waals surface area contributed by atoms with Crippen LogP contribution in [0.15, 0.2) is 12.1 Å². The molecule has 0 aliphatic carbocycles. The van der Waals surface area contributed by atoms with Crippen molar-refractivity contribution in [3.05, 3.63) is 23.3 Å². The molecule has 120 valence electrons. The molecule has 2 heterocycles. The fraction of sp³-hybridized carbons (Fsp3) is 0.611. The lowest BCUT2D eigenvalue weighted by Gasteiger charge is -2.44. The molecule has 0 bridgehead atoms. The van der Waals surface area contributed by atoms with Gasteiger partial charge >= 0.3 is 0 Å². The average Bonchev–Trinajstić information content (AvgIpc) is 2.86. The van der Waals surface area contributed by atoms with Crippen molar-refractivity contribution in [3.8, 4) is 0 Å². The lowest BCUT2D eigenvalue weighted by Crippen LogP contribution is -2.55. The van der Waals surface area contributed by atoms with Crippen LogP contribution in [0.4, 0.5) is 11.4 Å². The second-order valence-corrected chi connectivity index (χ2v) is 6.96. The van der Waals surface area contributed by atoms with Gasteiger partial charge in [-0.3, -0.25) is 9.69 Å². The summed E-state index contributed by atoms with van der Waals surface area (Å²) in [5.41, 5.74) is 5.05. The number of carbonyl (C=O) groups excluding carboxylic acids is 1. The van der Waals surface area contributed by atoms with Gasteiger partial charge in [0.05, 0.1) is 0 Å². The number of benzene rings is 1. The van der Waals surface area contributed by atoms with Crippen molar-refractivity contribution >= 4 is 17.3 Å². The van der Waals surface area contributed by atoms with Crippen LogP contribution in [-0.4, -0.2) is 49.6 Å². The van der Waals surface area contributed by atoms with E-state index in [-0.39, 0.29) is 5.91 Å². The van der Waals surface area contributed by atoms with Crippen molar-refractivity contribution in [2.24, 2.45) is 0 Å². The number of amides is 1. The summed E-state index contributed by atoms with van der Waals surface area (Å²) in [6.07, 6.45) is 0.978. The normalized spacial score (nSPS) is 25.5. The van der Waals surface area contributed by atoms with Crippen molar-refractivity contribution in [2.45, 2.75) is 46.2 Å². The van der Waals surface area contributed by atoms with E-state index in [0.717, 1.165) is 31.7 Å². The number of aryl methyl sites for hydroxylation is 1. The molecule has 1 aromatic rings. The number of fused-ring (bicyclic) bond motifs is 1. The van der Waals surface area contributed by atoms with Crippen molar-refractivity contribution < 1.29 is 4.79 Å². The van der Waals surface area contributed by atoms with Gasteiger partial charge in [-0.25, -0.2) is 0 Å². The molecule has 2 aliphatic heterocycles. The van der Waals surface area contributed by atoms with E-state index in [4.69, 9.17) is 0 Å². The summed E-state index contributed by atoms with van der Waals surface area (Å²) in [7, 11) is 2.21. The zero-order valence-electron chi connectivity index (χ0n) is 14.4. The molecule has 1 amide bonds. The maximum Gasteiger partial charge on any atom is 0.223 e. The molecule has 0 spiro atoms. The minimum absolute atomic E-state index is 0.147. The molecular weight excluding hydrogens is 274 g/mol. The molecule has 0 N–H and O–H groups in total. The Bertz CT molecular complexity index is 586. The van der Waals surface area contributed by atoms with Crippen LogP contribution >= 0.6 is 0 Å². The predicted octanol–water partition coefficient (Wildman–Crippen LogP) is 2.43. The minimum atomic E-state index is 0.147. The van der Waals surface area contributed by atoms with Crippen LogP contribution in [-0.2, 0) is 11.2 Å². The molecule has 2 aliphatic rings. The Labute approximate surface area is 133 Å². The Hall–Kier alpha value is -1.55. The smallest absolute Gasteiger partial charge is 0.223 e. The summed E-state index contributed by atoms with van der Waals surface area (Å²) in [5.74, 6) is 0.147. The molecule has 0 radical (unpaired) electrons. The van der Waals surface area contributed by atoms with Crippen molar-refractivity contribution in [3.63, 3.8) is 0 Å². The number of rotatable bonds is 1. The average molecular weight is 301 g/mol. The number of carbonyl (C=O) groups is 1. The summed E-state index contributed by atoms with van der Waals surface area (Å²) in [5, 5.41) is 0. The van der Waals surface area contributed by atoms with Gasteiger partial charge in [-0.1, -0.05) is 6.07 Å². The fourth-order valence-electron chi connectivity index (χ4n) is 3.82. The SMILES string of the molecule is CC(=O)N1CCc2cc(C)c(N3CC(C)N(C)C(C)C3)cc21. The Balaban J connectivity index is 1.95. The van der Waals surface area contributed by atoms with Gasteiger partial charge < -0.3 is 9.80 Å². The van der Waals surface area contributed by atoms with Gasteiger partial charge in [-0.15, -0.1) is 0 Å². The van der Waals surface area contributed by atoms with Crippen LogP contribution in [0.25, 0.3) is 0 Å². The Morgan fingerprint density at radius 2 is 1.77 bits per heavy atom. The molecule has 2 unspecified atom stereocenters. The van der Waals surface area contributed by atoms with E-state index in [1.165, 1.54) is 16.8 Å². The first-order chi connectivity index (χ1) is 10.4. The maximum absolute atomic E-state index is 11.8. The highest BCUT2D eigenvalue weighted by molar-refractivity contribution is 5.94. The lowest BCUT2D eigenvalue weighted by atomic mass is 10.0. The Kier molecular flexibility index (Phi) is 3.89. The number of hydrogen-bond acceptors (Lipinski definition) is 3. The highest BCUT2D eigenvalue weighted by atomic mass is 16.2. The van der Waals surface area contributed by atoms with Gasteiger partial charge in [0.1, 0.15) is 0 Å². The molecular formula is C18H27N3O. The maximum atomic E-state index is 11.8. The summed E-state index contributed by atoms with van der Waals surface area (Å²) in [6, 6.07) is 5.60. The van der Waals surface area contributed by atoms with E-state index in [0.29, 0.717) is 12.1 Å². The Morgan fingerprint density at radius 1 is 1.14 bits per heavy atom. The Morgan fingerprint density at radius 3 is 2.36 bits per heavy atom. The molecule has 1 aromatic carbocycles. The van der Waals surface area contributed by atoms with Crippen LogP contribution in [0.3, 0.4) is 0 Å². The van der Waals surface area contributed by atoms with E-state index in [1.807, 2.05) is 4.90 Å². The molecule has 0 saturated carbocycles. The third-order valence-electron chi connectivity index (χ3n) is 5.37. The van der Waals surface area contributed by atoms with Gasteiger partial charge in [-0.05, 0) is 51.4 Å². The first-order valence-corrected chi connectivity index (χ1v) is 8.27.